The fourth-order valence-corrected chi connectivity index (χ4v) is 2.16. The predicted octanol–water partition coefficient (Wildman–Crippen LogP) is 1.07. The molecule has 0 aromatic heterocycles. The zero-order valence-corrected chi connectivity index (χ0v) is 10.0. The van der Waals surface area contributed by atoms with Crippen LogP contribution < -0.4 is 0 Å². The fourth-order valence-electron chi connectivity index (χ4n) is 1.34. The van der Waals surface area contributed by atoms with Gasteiger partial charge >= 0.3 is 5.97 Å². The minimum absolute atomic E-state index is 0.0514. The lowest BCUT2D eigenvalue weighted by molar-refractivity contribution is -0.144. The van der Waals surface area contributed by atoms with E-state index in [0.29, 0.717) is 13.2 Å². The van der Waals surface area contributed by atoms with Gasteiger partial charge in [0.1, 0.15) is 0 Å². The number of carbonyl (C=O) groups is 3. The van der Waals surface area contributed by atoms with Crippen molar-refractivity contribution in [2.24, 2.45) is 0 Å². The number of nitrogens with zero attached hydrogens (tertiary/aromatic N) is 1. The van der Waals surface area contributed by atoms with Crippen LogP contribution in [0.1, 0.15) is 19.8 Å². The van der Waals surface area contributed by atoms with Crippen LogP contribution in [0.5, 0.6) is 0 Å². The van der Waals surface area contributed by atoms with Gasteiger partial charge in [0, 0.05) is 18.7 Å². The van der Waals surface area contributed by atoms with E-state index in [-0.39, 0.29) is 36.4 Å². The molecule has 6 heteroatoms. The van der Waals surface area contributed by atoms with Crippen LogP contribution in [0, 0.1) is 0 Å². The maximum atomic E-state index is 11.4. The molecule has 1 fully saturated rings. The van der Waals surface area contributed by atoms with Crippen LogP contribution in [0.4, 0.5) is 4.79 Å². The zero-order valence-electron chi connectivity index (χ0n) is 9.23. The largest absolute Gasteiger partial charge is 0.466 e. The molecule has 0 aromatic rings. The molecule has 5 nitrogen and oxygen atoms in total. The molecule has 1 amide bonds. The van der Waals surface area contributed by atoms with Crippen LogP contribution in [0.3, 0.4) is 0 Å². The standard InChI is InChI=1S/C10H15NO4S/c1-2-15-9(13)4-3-8(12)7-11-5-6-16-10(11)14/h2-7H2,1H3. The Morgan fingerprint density at radius 2 is 2.19 bits per heavy atom. The SMILES string of the molecule is CCOC(=O)CCC(=O)CN1CCSC1=O. The van der Waals surface area contributed by atoms with Crippen molar-refractivity contribution in [2.45, 2.75) is 19.8 Å². The van der Waals surface area contributed by atoms with Crippen LogP contribution in [0.2, 0.25) is 0 Å². The summed E-state index contributed by atoms with van der Waals surface area (Å²) in [6, 6.07) is 0. The Balaban J connectivity index is 2.20. The zero-order chi connectivity index (χ0) is 12.0. The van der Waals surface area contributed by atoms with Crippen molar-refractivity contribution >= 4 is 28.8 Å². The normalized spacial score (nSPS) is 15.3. The van der Waals surface area contributed by atoms with Gasteiger partial charge in [0.25, 0.3) is 5.24 Å². The van der Waals surface area contributed by atoms with Gasteiger partial charge in [-0.2, -0.15) is 0 Å². The number of hydrogen-bond donors (Lipinski definition) is 0. The second-order valence-electron chi connectivity index (χ2n) is 3.38. The molecule has 1 heterocycles. The average Bonchev–Trinajstić information content (AvgIpc) is 2.62. The van der Waals surface area contributed by atoms with E-state index in [4.69, 9.17) is 4.74 Å². The number of ketones is 1. The summed E-state index contributed by atoms with van der Waals surface area (Å²) in [4.78, 5) is 35.1. The summed E-state index contributed by atoms with van der Waals surface area (Å²) in [6.45, 7) is 2.79. The summed E-state index contributed by atoms with van der Waals surface area (Å²) in [5, 5.41) is -0.0514. The number of amides is 1. The first-order valence-electron chi connectivity index (χ1n) is 5.22. The van der Waals surface area contributed by atoms with E-state index in [2.05, 4.69) is 0 Å². The Labute approximate surface area is 98.5 Å². The monoisotopic (exact) mass is 245 g/mol. The summed E-state index contributed by atoms with van der Waals surface area (Å²) in [6.07, 6.45) is 0.245. The van der Waals surface area contributed by atoms with E-state index < -0.39 is 0 Å². The Hall–Kier alpha value is -1.04. The molecule has 90 valence electrons. The molecule has 0 saturated carbocycles. The molecule has 0 atom stereocenters. The molecule has 0 radical (unpaired) electrons. The van der Waals surface area contributed by atoms with Gasteiger partial charge in [0.15, 0.2) is 5.78 Å². The van der Waals surface area contributed by atoms with Gasteiger partial charge in [0.2, 0.25) is 0 Å². The number of ether oxygens (including phenoxy) is 1. The maximum absolute atomic E-state index is 11.4. The van der Waals surface area contributed by atoms with Crippen molar-refractivity contribution in [3.05, 3.63) is 0 Å². The van der Waals surface area contributed by atoms with Gasteiger partial charge in [-0.15, -0.1) is 0 Å². The number of thioether (sulfide) groups is 1. The van der Waals surface area contributed by atoms with Gasteiger partial charge in [0.05, 0.1) is 19.6 Å². The molecule has 16 heavy (non-hydrogen) atoms. The van der Waals surface area contributed by atoms with E-state index in [1.54, 1.807) is 6.92 Å². The molecule has 0 N–H and O–H groups in total. The Bertz CT molecular complexity index is 293. The third kappa shape index (κ3) is 4.22. The van der Waals surface area contributed by atoms with Crippen molar-refractivity contribution in [3.8, 4) is 0 Å². The number of carbonyl (C=O) groups excluding carboxylic acids is 3. The van der Waals surface area contributed by atoms with Crippen LogP contribution in [-0.4, -0.2) is 47.3 Å². The second kappa shape index (κ2) is 6.52. The molecule has 0 bridgehead atoms. The molecular weight excluding hydrogens is 230 g/mol. The van der Waals surface area contributed by atoms with Crippen LogP contribution in [0.15, 0.2) is 0 Å². The summed E-state index contributed by atoms with van der Waals surface area (Å²) < 4.78 is 4.71. The van der Waals surface area contributed by atoms with Gasteiger partial charge in [-0.25, -0.2) is 0 Å². The van der Waals surface area contributed by atoms with Gasteiger partial charge in [-0.05, 0) is 6.92 Å². The van der Waals surface area contributed by atoms with E-state index in [9.17, 15) is 14.4 Å². The Kier molecular flexibility index (Phi) is 5.31. The molecular formula is C10H15NO4S. The fraction of sp³-hybridized carbons (Fsp3) is 0.700. The Morgan fingerprint density at radius 1 is 1.44 bits per heavy atom. The number of hydrogen-bond acceptors (Lipinski definition) is 5. The molecule has 1 aliphatic rings. The van der Waals surface area contributed by atoms with Gasteiger partial charge in [-0.3, -0.25) is 14.4 Å². The summed E-state index contributed by atoms with van der Waals surface area (Å²) in [5.74, 6) is 0.283. The van der Waals surface area contributed by atoms with Crippen molar-refractivity contribution in [1.82, 2.24) is 4.90 Å². The third-order valence-corrected chi connectivity index (χ3v) is 3.02. The van der Waals surface area contributed by atoms with Crippen molar-refractivity contribution < 1.29 is 19.1 Å². The van der Waals surface area contributed by atoms with Crippen LogP contribution in [0.25, 0.3) is 0 Å². The van der Waals surface area contributed by atoms with E-state index in [1.807, 2.05) is 0 Å². The predicted molar refractivity (Wildman–Crippen MR) is 60.3 cm³/mol. The first-order valence-corrected chi connectivity index (χ1v) is 6.21. The highest BCUT2D eigenvalue weighted by Crippen LogP contribution is 2.16. The lowest BCUT2D eigenvalue weighted by Gasteiger charge is -2.12. The first-order chi connectivity index (χ1) is 7.63. The average molecular weight is 245 g/mol. The molecule has 0 aliphatic carbocycles. The first kappa shape index (κ1) is 13.0. The van der Waals surface area contributed by atoms with E-state index in [0.717, 1.165) is 5.75 Å². The summed E-state index contributed by atoms with van der Waals surface area (Å²) >= 11 is 1.22. The minimum atomic E-state index is -0.363. The molecule has 0 spiro atoms. The summed E-state index contributed by atoms with van der Waals surface area (Å²) in [5.41, 5.74) is 0. The van der Waals surface area contributed by atoms with Crippen molar-refractivity contribution in [2.75, 3.05) is 25.4 Å². The number of rotatable bonds is 6. The van der Waals surface area contributed by atoms with Gasteiger partial charge < -0.3 is 9.64 Å². The lowest BCUT2D eigenvalue weighted by atomic mass is 10.2. The lowest BCUT2D eigenvalue weighted by Crippen LogP contribution is -2.30. The highest BCUT2D eigenvalue weighted by atomic mass is 32.2. The summed E-state index contributed by atoms with van der Waals surface area (Å²) in [7, 11) is 0. The number of esters is 1. The highest BCUT2D eigenvalue weighted by Gasteiger charge is 2.23. The molecule has 1 saturated heterocycles. The van der Waals surface area contributed by atoms with E-state index >= 15 is 0 Å². The molecule has 1 rings (SSSR count). The Morgan fingerprint density at radius 3 is 2.75 bits per heavy atom. The maximum Gasteiger partial charge on any atom is 0.306 e. The molecule has 0 unspecified atom stereocenters. The van der Waals surface area contributed by atoms with Crippen LogP contribution in [-0.2, 0) is 14.3 Å². The molecule has 0 aromatic carbocycles. The van der Waals surface area contributed by atoms with Crippen LogP contribution >= 0.6 is 11.8 Å². The highest BCUT2D eigenvalue weighted by molar-refractivity contribution is 8.13. The van der Waals surface area contributed by atoms with Crippen molar-refractivity contribution in [3.63, 3.8) is 0 Å². The second-order valence-corrected chi connectivity index (χ2v) is 4.43. The third-order valence-electron chi connectivity index (χ3n) is 2.13. The van der Waals surface area contributed by atoms with Gasteiger partial charge in [-0.1, -0.05) is 11.8 Å². The topological polar surface area (TPSA) is 63.7 Å². The smallest absolute Gasteiger partial charge is 0.306 e. The van der Waals surface area contributed by atoms with E-state index in [1.165, 1.54) is 16.7 Å². The quantitative estimate of drug-likeness (QED) is 0.655. The van der Waals surface area contributed by atoms with Crippen molar-refractivity contribution in [1.29, 1.82) is 0 Å². The molecule has 1 aliphatic heterocycles. The minimum Gasteiger partial charge on any atom is -0.466 e. The number of Topliss-reactive ketones (excluding diaryl/α,β-unsaturated/α-hetero) is 1.